The maximum absolute atomic E-state index is 13.4. The third-order valence-corrected chi connectivity index (χ3v) is 2.53. The van der Waals surface area contributed by atoms with E-state index >= 15 is 0 Å². The van der Waals surface area contributed by atoms with Crippen molar-refractivity contribution in [2.24, 2.45) is 0 Å². The molecule has 1 N–H and O–H groups in total. The molecule has 90 valence electrons. The molecule has 1 rings (SSSR count). The number of halogens is 2. The summed E-state index contributed by atoms with van der Waals surface area (Å²) in [5.74, 6) is -0.462. The summed E-state index contributed by atoms with van der Waals surface area (Å²) in [5, 5.41) is 10.1. The van der Waals surface area contributed by atoms with Crippen molar-refractivity contribution in [3.05, 3.63) is 34.6 Å². The van der Waals surface area contributed by atoms with Crippen LogP contribution in [0.1, 0.15) is 31.4 Å². The molecule has 1 aromatic rings. The lowest BCUT2D eigenvalue weighted by atomic mass is 10.0. The SMILES string of the molecule is CCOCCCC(O)c1ccc(Cl)cc1F. The molecule has 0 radical (unpaired) electrons. The van der Waals surface area contributed by atoms with Crippen LogP contribution in [0.15, 0.2) is 18.2 Å². The molecule has 0 bridgehead atoms. The first-order chi connectivity index (χ1) is 7.65. The van der Waals surface area contributed by atoms with Gasteiger partial charge in [0.25, 0.3) is 0 Å². The number of ether oxygens (including phenoxy) is 1. The van der Waals surface area contributed by atoms with Crippen LogP contribution in [0, 0.1) is 5.82 Å². The van der Waals surface area contributed by atoms with E-state index in [2.05, 4.69) is 0 Å². The molecule has 0 aliphatic rings. The minimum atomic E-state index is -0.794. The molecule has 0 saturated carbocycles. The van der Waals surface area contributed by atoms with Crippen LogP contribution in [0.4, 0.5) is 4.39 Å². The van der Waals surface area contributed by atoms with Gasteiger partial charge in [-0.1, -0.05) is 17.7 Å². The Morgan fingerprint density at radius 1 is 1.50 bits per heavy atom. The lowest BCUT2D eigenvalue weighted by molar-refractivity contribution is 0.113. The molecule has 0 spiro atoms. The van der Waals surface area contributed by atoms with Crippen molar-refractivity contribution in [3.63, 3.8) is 0 Å². The average molecular weight is 247 g/mol. The monoisotopic (exact) mass is 246 g/mol. The average Bonchev–Trinajstić information content (AvgIpc) is 2.24. The molecule has 16 heavy (non-hydrogen) atoms. The first-order valence-electron chi connectivity index (χ1n) is 5.36. The molecule has 4 heteroatoms. The van der Waals surface area contributed by atoms with E-state index in [1.807, 2.05) is 6.92 Å². The Bertz CT molecular complexity index is 331. The van der Waals surface area contributed by atoms with Crippen molar-refractivity contribution in [2.75, 3.05) is 13.2 Å². The molecular formula is C12H16ClFO2. The molecule has 0 aliphatic heterocycles. The van der Waals surface area contributed by atoms with Gasteiger partial charge in [0.2, 0.25) is 0 Å². The van der Waals surface area contributed by atoms with Crippen LogP contribution in [0.2, 0.25) is 5.02 Å². The minimum Gasteiger partial charge on any atom is -0.388 e. The van der Waals surface area contributed by atoms with Gasteiger partial charge < -0.3 is 9.84 Å². The normalized spacial score (nSPS) is 12.8. The molecule has 0 heterocycles. The molecule has 0 saturated heterocycles. The first-order valence-corrected chi connectivity index (χ1v) is 5.73. The Kier molecular flexibility index (Phi) is 5.74. The lowest BCUT2D eigenvalue weighted by Crippen LogP contribution is -2.03. The van der Waals surface area contributed by atoms with Crippen molar-refractivity contribution in [2.45, 2.75) is 25.9 Å². The van der Waals surface area contributed by atoms with Crippen LogP contribution in [0.3, 0.4) is 0 Å². The second kappa shape index (κ2) is 6.84. The number of rotatable bonds is 6. The molecule has 1 aromatic carbocycles. The van der Waals surface area contributed by atoms with Gasteiger partial charge in [0.15, 0.2) is 0 Å². The van der Waals surface area contributed by atoms with Gasteiger partial charge in [0.1, 0.15) is 5.82 Å². The number of aliphatic hydroxyl groups excluding tert-OH is 1. The zero-order valence-corrected chi connectivity index (χ0v) is 10.0. The molecule has 0 aliphatic carbocycles. The zero-order chi connectivity index (χ0) is 12.0. The van der Waals surface area contributed by atoms with Gasteiger partial charge in [-0.15, -0.1) is 0 Å². The Morgan fingerprint density at radius 2 is 2.25 bits per heavy atom. The van der Waals surface area contributed by atoms with Crippen molar-refractivity contribution in [1.29, 1.82) is 0 Å². The summed E-state index contributed by atoms with van der Waals surface area (Å²) >= 11 is 5.63. The standard InChI is InChI=1S/C12H16ClFO2/c1-2-16-7-3-4-12(15)10-6-5-9(13)8-11(10)14/h5-6,8,12,15H,2-4,7H2,1H3. The summed E-state index contributed by atoms with van der Waals surface area (Å²) in [6.07, 6.45) is 0.396. The van der Waals surface area contributed by atoms with Crippen LogP contribution in [0.25, 0.3) is 0 Å². The fourth-order valence-corrected chi connectivity index (χ4v) is 1.61. The molecular weight excluding hydrogens is 231 g/mol. The van der Waals surface area contributed by atoms with E-state index in [0.717, 1.165) is 0 Å². The van der Waals surface area contributed by atoms with Gasteiger partial charge in [0.05, 0.1) is 6.10 Å². The second-order valence-corrected chi connectivity index (χ2v) is 3.96. The van der Waals surface area contributed by atoms with Gasteiger partial charge >= 0.3 is 0 Å². The highest BCUT2D eigenvalue weighted by Gasteiger charge is 2.12. The van der Waals surface area contributed by atoms with E-state index in [1.54, 1.807) is 6.07 Å². The summed E-state index contributed by atoms with van der Waals surface area (Å²) in [5.41, 5.74) is 0.292. The smallest absolute Gasteiger partial charge is 0.130 e. The number of benzene rings is 1. The number of hydrogen-bond acceptors (Lipinski definition) is 2. The van der Waals surface area contributed by atoms with Crippen LogP contribution < -0.4 is 0 Å². The van der Waals surface area contributed by atoms with Gasteiger partial charge in [-0.25, -0.2) is 4.39 Å². The molecule has 0 amide bonds. The molecule has 0 aromatic heterocycles. The van der Waals surface area contributed by atoms with Crippen LogP contribution >= 0.6 is 11.6 Å². The van der Waals surface area contributed by atoms with Crippen LogP contribution in [-0.4, -0.2) is 18.3 Å². The quantitative estimate of drug-likeness (QED) is 0.781. The number of hydrogen-bond donors (Lipinski definition) is 1. The maximum atomic E-state index is 13.4. The Balaban J connectivity index is 2.49. The molecule has 0 fully saturated rings. The highest BCUT2D eigenvalue weighted by Crippen LogP contribution is 2.23. The van der Waals surface area contributed by atoms with E-state index in [4.69, 9.17) is 16.3 Å². The summed E-state index contributed by atoms with van der Waals surface area (Å²) in [4.78, 5) is 0. The van der Waals surface area contributed by atoms with Gasteiger partial charge in [0, 0.05) is 23.8 Å². The van der Waals surface area contributed by atoms with E-state index in [0.29, 0.717) is 36.6 Å². The third-order valence-electron chi connectivity index (χ3n) is 2.29. The summed E-state index contributed by atoms with van der Waals surface area (Å²) in [7, 11) is 0. The van der Waals surface area contributed by atoms with E-state index in [9.17, 15) is 9.50 Å². The predicted molar refractivity (Wildman–Crippen MR) is 62.1 cm³/mol. The van der Waals surface area contributed by atoms with E-state index in [1.165, 1.54) is 12.1 Å². The summed E-state index contributed by atoms with van der Waals surface area (Å²) in [6.45, 7) is 3.16. The fourth-order valence-electron chi connectivity index (χ4n) is 1.45. The summed E-state index contributed by atoms with van der Waals surface area (Å²) < 4.78 is 18.5. The summed E-state index contributed by atoms with van der Waals surface area (Å²) in [6, 6.07) is 4.30. The fraction of sp³-hybridized carbons (Fsp3) is 0.500. The molecule has 2 nitrogen and oxygen atoms in total. The predicted octanol–water partition coefficient (Wildman–Crippen LogP) is 3.33. The van der Waals surface area contributed by atoms with Gasteiger partial charge in [-0.3, -0.25) is 0 Å². The second-order valence-electron chi connectivity index (χ2n) is 3.52. The minimum absolute atomic E-state index is 0.292. The lowest BCUT2D eigenvalue weighted by Gasteiger charge is -2.11. The van der Waals surface area contributed by atoms with Crippen molar-refractivity contribution in [1.82, 2.24) is 0 Å². The van der Waals surface area contributed by atoms with Crippen molar-refractivity contribution < 1.29 is 14.2 Å². The number of aliphatic hydroxyl groups is 1. The largest absolute Gasteiger partial charge is 0.388 e. The highest BCUT2D eigenvalue weighted by atomic mass is 35.5. The molecule has 1 unspecified atom stereocenters. The van der Waals surface area contributed by atoms with Crippen LogP contribution in [-0.2, 0) is 4.74 Å². The van der Waals surface area contributed by atoms with E-state index < -0.39 is 11.9 Å². The maximum Gasteiger partial charge on any atom is 0.130 e. The Morgan fingerprint density at radius 3 is 2.88 bits per heavy atom. The topological polar surface area (TPSA) is 29.5 Å². The van der Waals surface area contributed by atoms with Gasteiger partial charge in [-0.05, 0) is 31.9 Å². The van der Waals surface area contributed by atoms with Crippen molar-refractivity contribution in [3.8, 4) is 0 Å². The Hall–Kier alpha value is -0.640. The zero-order valence-electron chi connectivity index (χ0n) is 9.25. The third kappa shape index (κ3) is 4.08. The Labute approximate surface area is 100.0 Å². The van der Waals surface area contributed by atoms with Gasteiger partial charge in [-0.2, -0.15) is 0 Å². The van der Waals surface area contributed by atoms with E-state index in [-0.39, 0.29) is 0 Å². The molecule has 1 atom stereocenters. The van der Waals surface area contributed by atoms with Crippen molar-refractivity contribution >= 4 is 11.6 Å². The van der Waals surface area contributed by atoms with Crippen LogP contribution in [0.5, 0.6) is 0 Å². The highest BCUT2D eigenvalue weighted by molar-refractivity contribution is 6.30. The first kappa shape index (κ1) is 13.4.